The van der Waals surface area contributed by atoms with Crippen molar-refractivity contribution in [2.75, 3.05) is 6.61 Å². The van der Waals surface area contributed by atoms with Crippen molar-refractivity contribution in [1.29, 1.82) is 0 Å². The minimum atomic E-state index is -0.527. The van der Waals surface area contributed by atoms with Gasteiger partial charge in [0.15, 0.2) is 0 Å². The molecule has 0 bridgehead atoms. The number of hydrogen-bond donors (Lipinski definition) is 1. The van der Waals surface area contributed by atoms with Crippen LogP contribution < -0.4 is 0 Å². The summed E-state index contributed by atoms with van der Waals surface area (Å²) < 4.78 is 19.5. The molecule has 0 amide bonds. The van der Waals surface area contributed by atoms with Gasteiger partial charge in [0, 0.05) is 23.5 Å². The van der Waals surface area contributed by atoms with Crippen LogP contribution in [0.2, 0.25) is 5.02 Å². The Hall–Kier alpha value is -3.95. The van der Waals surface area contributed by atoms with Crippen LogP contribution >= 0.6 is 11.6 Å². The van der Waals surface area contributed by atoms with Gasteiger partial charge in [0.25, 0.3) is 0 Å². The third-order valence-electron chi connectivity index (χ3n) is 4.56. The van der Waals surface area contributed by atoms with Gasteiger partial charge in [0.05, 0.1) is 28.5 Å². The Balaban J connectivity index is 1.75. The van der Waals surface area contributed by atoms with Crippen molar-refractivity contribution in [3.05, 3.63) is 94.7 Å². The molecule has 0 fully saturated rings. The van der Waals surface area contributed by atoms with Gasteiger partial charge in [0.1, 0.15) is 17.3 Å². The van der Waals surface area contributed by atoms with Crippen molar-refractivity contribution in [3.8, 4) is 34.5 Å². The molecule has 2 aromatic heterocycles. The molecule has 0 spiro atoms. The fraction of sp³-hybridized carbons (Fsp3) is 0.0800. The second-order valence-corrected chi connectivity index (χ2v) is 7.09. The molecule has 32 heavy (non-hydrogen) atoms. The molecule has 2 heterocycles. The number of hydrogen-bond acceptors (Lipinski definition) is 4. The summed E-state index contributed by atoms with van der Waals surface area (Å²) in [6.07, 6.45) is 3.07. The molecule has 0 aliphatic rings. The van der Waals surface area contributed by atoms with E-state index in [2.05, 4.69) is 26.8 Å². The standard InChI is InChI=1S/C25H17ClFN3O2/c1-2-32-25(31)18-13-17(12-11-16-7-4-3-5-8-16)28-14-19(18)22-15-29-24(30-22)23-20(26)9-6-10-21(23)27/h3-10,13-15H,2H2,1H3,(H,29,30). The number of rotatable bonds is 4. The first-order valence-electron chi connectivity index (χ1n) is 9.81. The van der Waals surface area contributed by atoms with Crippen LogP contribution in [-0.4, -0.2) is 27.5 Å². The van der Waals surface area contributed by atoms with E-state index in [0.717, 1.165) is 5.56 Å². The first kappa shape index (κ1) is 21.3. The number of H-pyrrole nitrogens is 1. The lowest BCUT2D eigenvalue weighted by molar-refractivity contribution is 0.0527. The lowest BCUT2D eigenvalue weighted by Crippen LogP contribution is -2.08. The number of nitrogens with zero attached hydrogens (tertiary/aromatic N) is 2. The number of carbonyl (C=O) groups excluding carboxylic acids is 1. The molecular weight excluding hydrogens is 429 g/mol. The summed E-state index contributed by atoms with van der Waals surface area (Å²) in [5.41, 5.74) is 2.48. The Bertz CT molecular complexity index is 1320. The quantitative estimate of drug-likeness (QED) is 0.332. The number of ether oxygens (including phenoxy) is 1. The van der Waals surface area contributed by atoms with Crippen molar-refractivity contribution >= 4 is 17.6 Å². The fourth-order valence-corrected chi connectivity index (χ4v) is 3.33. The monoisotopic (exact) mass is 445 g/mol. The molecule has 2 aromatic carbocycles. The van der Waals surface area contributed by atoms with Gasteiger partial charge in [-0.25, -0.2) is 19.2 Å². The number of benzene rings is 2. The third kappa shape index (κ3) is 4.53. The van der Waals surface area contributed by atoms with E-state index in [4.69, 9.17) is 16.3 Å². The molecule has 4 aromatic rings. The van der Waals surface area contributed by atoms with E-state index < -0.39 is 11.8 Å². The largest absolute Gasteiger partial charge is 0.462 e. The highest BCUT2D eigenvalue weighted by atomic mass is 35.5. The molecule has 0 saturated carbocycles. The van der Waals surface area contributed by atoms with Crippen LogP contribution in [0.1, 0.15) is 28.5 Å². The highest BCUT2D eigenvalue weighted by Gasteiger charge is 2.19. The summed E-state index contributed by atoms with van der Waals surface area (Å²) in [5.74, 6) is 5.18. The zero-order valence-corrected chi connectivity index (χ0v) is 17.8. The Morgan fingerprint density at radius 1 is 1.16 bits per heavy atom. The van der Waals surface area contributed by atoms with E-state index >= 15 is 0 Å². The number of pyridine rings is 1. The highest BCUT2D eigenvalue weighted by Crippen LogP contribution is 2.31. The topological polar surface area (TPSA) is 67.9 Å². The second-order valence-electron chi connectivity index (χ2n) is 6.68. The number of esters is 1. The van der Waals surface area contributed by atoms with E-state index in [0.29, 0.717) is 17.0 Å². The van der Waals surface area contributed by atoms with E-state index in [-0.39, 0.29) is 28.6 Å². The van der Waals surface area contributed by atoms with Gasteiger partial charge in [-0.2, -0.15) is 0 Å². The number of aromatic nitrogens is 3. The van der Waals surface area contributed by atoms with Crippen molar-refractivity contribution in [1.82, 2.24) is 15.0 Å². The Morgan fingerprint density at radius 3 is 2.72 bits per heavy atom. The molecule has 0 radical (unpaired) electrons. The predicted molar refractivity (Wildman–Crippen MR) is 121 cm³/mol. The van der Waals surface area contributed by atoms with Gasteiger partial charge in [-0.05, 0) is 43.2 Å². The predicted octanol–water partition coefficient (Wildman–Crippen LogP) is 5.51. The zero-order valence-electron chi connectivity index (χ0n) is 17.0. The highest BCUT2D eigenvalue weighted by molar-refractivity contribution is 6.33. The Morgan fingerprint density at radius 2 is 1.97 bits per heavy atom. The molecule has 5 nitrogen and oxygen atoms in total. The first-order valence-corrected chi connectivity index (χ1v) is 10.2. The molecule has 0 aliphatic carbocycles. The maximum atomic E-state index is 14.3. The number of imidazole rings is 1. The lowest BCUT2D eigenvalue weighted by atomic mass is 10.1. The van der Waals surface area contributed by atoms with E-state index in [9.17, 15) is 9.18 Å². The smallest absolute Gasteiger partial charge is 0.338 e. The van der Waals surface area contributed by atoms with E-state index in [1.807, 2.05) is 30.3 Å². The van der Waals surface area contributed by atoms with Crippen molar-refractivity contribution in [2.24, 2.45) is 0 Å². The van der Waals surface area contributed by atoms with E-state index in [1.54, 1.807) is 25.3 Å². The molecule has 0 atom stereocenters. The molecule has 4 rings (SSSR count). The van der Waals surface area contributed by atoms with Crippen LogP contribution in [0.25, 0.3) is 22.6 Å². The summed E-state index contributed by atoms with van der Waals surface area (Å²) in [5, 5.41) is 0.223. The van der Waals surface area contributed by atoms with Gasteiger partial charge in [-0.1, -0.05) is 41.8 Å². The molecule has 0 aliphatic heterocycles. The summed E-state index contributed by atoms with van der Waals surface area (Å²) in [4.78, 5) is 24.3. The Kier molecular flexibility index (Phi) is 6.29. The lowest BCUT2D eigenvalue weighted by Gasteiger charge is -2.07. The van der Waals surface area contributed by atoms with Gasteiger partial charge in [-0.3, -0.25) is 0 Å². The average Bonchev–Trinajstić information content (AvgIpc) is 3.28. The molecule has 0 saturated heterocycles. The van der Waals surface area contributed by atoms with Crippen LogP contribution in [0, 0.1) is 17.7 Å². The summed E-state index contributed by atoms with van der Waals surface area (Å²) in [6.45, 7) is 1.93. The zero-order chi connectivity index (χ0) is 22.5. The number of halogens is 2. The maximum Gasteiger partial charge on any atom is 0.338 e. The molecule has 7 heteroatoms. The van der Waals surface area contributed by atoms with Crippen molar-refractivity contribution in [2.45, 2.75) is 6.92 Å². The normalized spacial score (nSPS) is 10.3. The fourth-order valence-electron chi connectivity index (χ4n) is 3.08. The second kappa shape index (κ2) is 9.46. The van der Waals surface area contributed by atoms with Crippen LogP contribution in [-0.2, 0) is 4.74 Å². The van der Waals surface area contributed by atoms with Crippen LogP contribution in [0.15, 0.2) is 67.0 Å². The molecular formula is C25H17ClFN3O2. The SMILES string of the molecule is CCOC(=O)c1cc(C#Cc2ccccc2)ncc1-c1c[nH]c(-c2c(F)cccc2Cl)n1. The number of aromatic amines is 1. The summed E-state index contributed by atoms with van der Waals surface area (Å²) in [7, 11) is 0. The number of carbonyl (C=O) groups is 1. The number of nitrogens with one attached hydrogen (secondary N) is 1. The van der Waals surface area contributed by atoms with Gasteiger partial charge >= 0.3 is 5.97 Å². The van der Waals surface area contributed by atoms with Crippen LogP contribution in [0.5, 0.6) is 0 Å². The molecule has 1 N–H and O–H groups in total. The summed E-state index contributed by atoms with van der Waals surface area (Å²) in [6, 6.07) is 15.4. The van der Waals surface area contributed by atoms with Gasteiger partial charge < -0.3 is 9.72 Å². The van der Waals surface area contributed by atoms with Gasteiger partial charge in [-0.15, -0.1) is 0 Å². The minimum absolute atomic E-state index is 0.149. The van der Waals surface area contributed by atoms with Gasteiger partial charge in [0.2, 0.25) is 0 Å². The van der Waals surface area contributed by atoms with Crippen LogP contribution in [0.3, 0.4) is 0 Å². The molecule has 158 valence electrons. The maximum absolute atomic E-state index is 14.3. The minimum Gasteiger partial charge on any atom is -0.462 e. The van der Waals surface area contributed by atoms with Crippen LogP contribution in [0.4, 0.5) is 4.39 Å². The molecule has 0 unspecified atom stereocenters. The summed E-state index contributed by atoms with van der Waals surface area (Å²) >= 11 is 6.15. The average molecular weight is 446 g/mol. The first-order chi connectivity index (χ1) is 15.6. The van der Waals surface area contributed by atoms with Crippen molar-refractivity contribution < 1.29 is 13.9 Å². The van der Waals surface area contributed by atoms with Crippen molar-refractivity contribution in [3.63, 3.8) is 0 Å². The Labute approximate surface area is 189 Å². The third-order valence-corrected chi connectivity index (χ3v) is 4.88. The van der Waals surface area contributed by atoms with E-state index in [1.165, 1.54) is 18.3 Å².